The largest absolute Gasteiger partial charge is 0.260 e. The fourth-order valence-corrected chi connectivity index (χ4v) is 2.80. The van der Waals surface area contributed by atoms with Gasteiger partial charge < -0.3 is 0 Å². The summed E-state index contributed by atoms with van der Waals surface area (Å²) in [6.07, 6.45) is 0. The van der Waals surface area contributed by atoms with Crippen LogP contribution in [0.2, 0.25) is 0 Å². The highest BCUT2D eigenvalue weighted by Gasteiger charge is 2.17. The smallest absolute Gasteiger partial charge is 0.154 e. The summed E-state index contributed by atoms with van der Waals surface area (Å²) in [5.74, 6) is 0.318. The predicted molar refractivity (Wildman–Crippen MR) is 99.0 cm³/mol. The second kappa shape index (κ2) is 6.32. The van der Waals surface area contributed by atoms with Gasteiger partial charge in [0.05, 0.1) is 11.4 Å². The third kappa shape index (κ3) is 3.06. The Balaban J connectivity index is 1.87. The lowest BCUT2D eigenvalue weighted by Gasteiger charge is -2.08. The second-order valence-electron chi connectivity index (χ2n) is 5.93. The lowest BCUT2D eigenvalue weighted by atomic mass is 9.99. The zero-order valence-corrected chi connectivity index (χ0v) is 13.7. The predicted octanol–water partition coefficient (Wildman–Crippen LogP) is 4.57. The normalized spacial score (nSPS) is 13.2. The molecular weight excluding hydrogens is 313 g/mol. The number of hydrogen-bond acceptors (Lipinski definition) is 3. The van der Waals surface area contributed by atoms with Crippen LogP contribution in [0.3, 0.4) is 0 Å². The van der Waals surface area contributed by atoms with Crippen LogP contribution in [-0.2, 0) is 0 Å². The Morgan fingerprint density at radius 2 is 1.60 bits per heavy atom. The number of nitrogens with one attached hydrogen (secondary N) is 1. The van der Waals surface area contributed by atoms with E-state index in [1.165, 1.54) is 12.1 Å². The van der Waals surface area contributed by atoms with Crippen LogP contribution < -0.4 is 5.43 Å². The van der Waals surface area contributed by atoms with Gasteiger partial charge in [0, 0.05) is 16.7 Å². The van der Waals surface area contributed by atoms with E-state index in [4.69, 9.17) is 4.99 Å². The Labute approximate surface area is 145 Å². The first-order valence-corrected chi connectivity index (χ1v) is 8.05. The number of fused-ring (bicyclic) bond motifs is 1. The van der Waals surface area contributed by atoms with E-state index in [1.54, 1.807) is 12.1 Å². The van der Waals surface area contributed by atoms with Gasteiger partial charge in [-0.1, -0.05) is 42.0 Å². The molecule has 1 aliphatic rings. The van der Waals surface area contributed by atoms with Crippen molar-refractivity contribution < 1.29 is 4.39 Å². The summed E-state index contributed by atoms with van der Waals surface area (Å²) in [7, 11) is 0. The molecule has 1 N–H and O–H groups in total. The van der Waals surface area contributed by atoms with E-state index in [2.05, 4.69) is 16.6 Å². The van der Waals surface area contributed by atoms with Crippen LogP contribution in [0.1, 0.15) is 22.3 Å². The molecule has 122 valence electrons. The van der Waals surface area contributed by atoms with Gasteiger partial charge in [0.25, 0.3) is 0 Å². The molecule has 0 saturated heterocycles. The fraction of sp³-hybridized carbons (Fsp3) is 0.0476. The van der Waals surface area contributed by atoms with Gasteiger partial charge in [0.2, 0.25) is 0 Å². The van der Waals surface area contributed by atoms with Crippen molar-refractivity contribution in [2.75, 3.05) is 0 Å². The first kappa shape index (κ1) is 15.3. The molecule has 0 atom stereocenters. The van der Waals surface area contributed by atoms with Crippen molar-refractivity contribution in [3.63, 3.8) is 0 Å². The number of halogens is 1. The minimum atomic E-state index is -0.275. The number of aryl methyl sites for hydroxylation is 1. The highest BCUT2D eigenvalue weighted by molar-refractivity contribution is 6.18. The molecule has 0 bridgehead atoms. The number of benzene rings is 3. The molecule has 1 heterocycles. The number of amidine groups is 1. The first-order valence-electron chi connectivity index (χ1n) is 8.05. The highest BCUT2D eigenvalue weighted by atomic mass is 19.1. The molecule has 4 heteroatoms. The maximum atomic E-state index is 13.2. The average molecular weight is 329 g/mol. The van der Waals surface area contributed by atoms with Crippen LogP contribution in [0.15, 0.2) is 82.9 Å². The average Bonchev–Trinajstić information content (AvgIpc) is 2.82. The lowest BCUT2D eigenvalue weighted by molar-refractivity contribution is 0.627. The summed E-state index contributed by atoms with van der Waals surface area (Å²) in [5.41, 5.74) is 8.62. The summed E-state index contributed by atoms with van der Waals surface area (Å²) in [6.45, 7) is 2.05. The van der Waals surface area contributed by atoms with E-state index in [0.717, 1.165) is 33.7 Å². The Morgan fingerprint density at radius 3 is 2.36 bits per heavy atom. The minimum Gasteiger partial charge on any atom is -0.260 e. The number of rotatable bonds is 2. The molecule has 0 aromatic heterocycles. The van der Waals surface area contributed by atoms with Crippen molar-refractivity contribution in [1.82, 2.24) is 5.43 Å². The number of aliphatic imine (C=N–C) groups is 1. The van der Waals surface area contributed by atoms with Gasteiger partial charge in [-0.15, -0.1) is 0 Å². The molecule has 0 aliphatic carbocycles. The van der Waals surface area contributed by atoms with Gasteiger partial charge in [-0.25, -0.2) is 9.38 Å². The molecule has 25 heavy (non-hydrogen) atoms. The highest BCUT2D eigenvalue weighted by Crippen LogP contribution is 2.26. The second-order valence-corrected chi connectivity index (χ2v) is 5.93. The Bertz CT molecular complexity index is 974. The van der Waals surface area contributed by atoms with Gasteiger partial charge in [-0.2, -0.15) is 5.10 Å². The van der Waals surface area contributed by atoms with E-state index in [0.29, 0.717) is 5.84 Å². The molecule has 3 aromatic rings. The monoisotopic (exact) mass is 329 g/mol. The summed E-state index contributed by atoms with van der Waals surface area (Å²) in [5, 5.41) is 4.60. The van der Waals surface area contributed by atoms with Crippen molar-refractivity contribution in [3.05, 3.63) is 101 Å². The van der Waals surface area contributed by atoms with Gasteiger partial charge in [0.1, 0.15) is 5.82 Å². The van der Waals surface area contributed by atoms with Crippen molar-refractivity contribution in [3.8, 4) is 0 Å². The molecule has 0 unspecified atom stereocenters. The molecule has 0 spiro atoms. The molecule has 1 aliphatic heterocycles. The van der Waals surface area contributed by atoms with Crippen LogP contribution in [-0.4, -0.2) is 11.5 Å². The summed E-state index contributed by atoms with van der Waals surface area (Å²) < 4.78 is 13.2. The molecule has 0 radical (unpaired) electrons. The summed E-state index contributed by atoms with van der Waals surface area (Å²) >= 11 is 0. The molecule has 4 rings (SSSR count). The molecule has 3 nitrogen and oxygen atoms in total. The van der Waals surface area contributed by atoms with Crippen molar-refractivity contribution >= 4 is 17.2 Å². The van der Waals surface area contributed by atoms with E-state index in [-0.39, 0.29) is 5.82 Å². The van der Waals surface area contributed by atoms with E-state index < -0.39 is 0 Å². The van der Waals surface area contributed by atoms with E-state index >= 15 is 0 Å². The van der Waals surface area contributed by atoms with Crippen LogP contribution in [0, 0.1) is 12.7 Å². The van der Waals surface area contributed by atoms with Crippen LogP contribution in [0.4, 0.5) is 10.1 Å². The summed E-state index contributed by atoms with van der Waals surface area (Å²) in [4.78, 5) is 4.72. The molecular formula is C21H16FN3. The SMILES string of the molecule is Cc1ccc2c(c1)C(c1ccccc1)=NNC(c1ccc(F)cc1)=N2. The maximum Gasteiger partial charge on any atom is 0.154 e. The fourth-order valence-electron chi connectivity index (χ4n) is 2.80. The minimum absolute atomic E-state index is 0.275. The Hall–Kier alpha value is -3.27. The third-order valence-corrected chi connectivity index (χ3v) is 4.08. The Morgan fingerprint density at radius 1 is 0.840 bits per heavy atom. The number of hydrogen-bond donors (Lipinski definition) is 1. The first-order chi connectivity index (χ1) is 12.2. The van der Waals surface area contributed by atoms with Gasteiger partial charge in [-0.3, -0.25) is 5.43 Å². The molecule has 3 aromatic carbocycles. The van der Waals surface area contributed by atoms with Crippen LogP contribution >= 0.6 is 0 Å². The van der Waals surface area contributed by atoms with Crippen LogP contribution in [0.5, 0.6) is 0 Å². The van der Waals surface area contributed by atoms with Crippen molar-refractivity contribution in [1.29, 1.82) is 0 Å². The third-order valence-electron chi connectivity index (χ3n) is 4.08. The Kier molecular flexibility index (Phi) is 3.86. The van der Waals surface area contributed by atoms with Gasteiger partial charge in [0.15, 0.2) is 5.84 Å². The number of hydrazone groups is 1. The van der Waals surface area contributed by atoms with Crippen LogP contribution in [0.25, 0.3) is 0 Å². The van der Waals surface area contributed by atoms with E-state index in [9.17, 15) is 4.39 Å². The summed E-state index contributed by atoms with van der Waals surface area (Å²) in [6, 6.07) is 22.3. The number of nitrogens with zero attached hydrogens (tertiary/aromatic N) is 2. The zero-order chi connectivity index (χ0) is 17.2. The molecule has 0 amide bonds. The topological polar surface area (TPSA) is 36.8 Å². The van der Waals surface area contributed by atoms with Gasteiger partial charge in [-0.05, 0) is 43.3 Å². The van der Waals surface area contributed by atoms with Gasteiger partial charge >= 0.3 is 0 Å². The van der Waals surface area contributed by atoms with E-state index in [1.807, 2.05) is 49.4 Å². The lowest BCUT2D eigenvalue weighted by Crippen LogP contribution is -2.19. The van der Waals surface area contributed by atoms with Crippen molar-refractivity contribution in [2.24, 2.45) is 10.1 Å². The zero-order valence-electron chi connectivity index (χ0n) is 13.7. The molecule has 0 saturated carbocycles. The quantitative estimate of drug-likeness (QED) is 0.735. The molecule has 0 fully saturated rings. The van der Waals surface area contributed by atoms with Crippen molar-refractivity contribution in [2.45, 2.75) is 6.92 Å². The maximum absolute atomic E-state index is 13.2. The standard InChI is InChI=1S/C21H16FN3/c1-14-7-12-19-18(13-14)20(15-5-3-2-4-6-15)24-25-21(23-19)16-8-10-17(22)11-9-16/h2-13H,1H3,(H,23,25).